The SMILES string of the molecule is O=C(CC1CNC1)NCCCN1CCc2ccccc21. The third kappa shape index (κ3) is 3.12. The van der Waals surface area contributed by atoms with Crippen LogP contribution in [0.15, 0.2) is 24.3 Å². The lowest BCUT2D eigenvalue weighted by Crippen LogP contribution is -2.44. The summed E-state index contributed by atoms with van der Waals surface area (Å²) in [5.41, 5.74) is 2.83. The van der Waals surface area contributed by atoms with Gasteiger partial charge in [0.15, 0.2) is 0 Å². The summed E-state index contributed by atoms with van der Waals surface area (Å²) < 4.78 is 0. The second kappa shape index (κ2) is 6.27. The largest absolute Gasteiger partial charge is 0.371 e. The fraction of sp³-hybridized carbons (Fsp3) is 0.562. The maximum absolute atomic E-state index is 11.7. The lowest BCUT2D eigenvalue weighted by atomic mass is 9.99. The molecule has 2 aliphatic heterocycles. The maximum atomic E-state index is 11.7. The number of para-hydroxylation sites is 1. The highest BCUT2D eigenvalue weighted by Gasteiger charge is 2.20. The summed E-state index contributed by atoms with van der Waals surface area (Å²) in [6, 6.07) is 8.62. The Hall–Kier alpha value is -1.55. The predicted octanol–water partition coefficient (Wildman–Crippen LogP) is 1.16. The molecule has 0 aromatic heterocycles. The van der Waals surface area contributed by atoms with Crippen LogP contribution in [-0.4, -0.2) is 38.6 Å². The Morgan fingerprint density at radius 3 is 3.00 bits per heavy atom. The van der Waals surface area contributed by atoms with Crippen molar-refractivity contribution >= 4 is 11.6 Å². The quantitative estimate of drug-likeness (QED) is 0.765. The van der Waals surface area contributed by atoms with Gasteiger partial charge in [0.1, 0.15) is 0 Å². The topological polar surface area (TPSA) is 44.4 Å². The van der Waals surface area contributed by atoms with Crippen LogP contribution in [0.25, 0.3) is 0 Å². The number of amides is 1. The molecule has 0 unspecified atom stereocenters. The smallest absolute Gasteiger partial charge is 0.220 e. The van der Waals surface area contributed by atoms with Crippen molar-refractivity contribution in [2.75, 3.05) is 37.6 Å². The fourth-order valence-corrected chi connectivity index (χ4v) is 2.96. The highest BCUT2D eigenvalue weighted by Crippen LogP contribution is 2.27. The Labute approximate surface area is 120 Å². The van der Waals surface area contributed by atoms with Crippen LogP contribution in [-0.2, 0) is 11.2 Å². The van der Waals surface area contributed by atoms with Crippen LogP contribution in [0, 0.1) is 5.92 Å². The van der Waals surface area contributed by atoms with E-state index in [1.54, 1.807) is 0 Å². The lowest BCUT2D eigenvalue weighted by molar-refractivity contribution is -0.122. The van der Waals surface area contributed by atoms with Gasteiger partial charge in [0.05, 0.1) is 0 Å². The van der Waals surface area contributed by atoms with Crippen LogP contribution in [0.4, 0.5) is 5.69 Å². The molecule has 1 aromatic rings. The highest BCUT2D eigenvalue weighted by molar-refractivity contribution is 5.76. The van der Waals surface area contributed by atoms with E-state index in [9.17, 15) is 4.79 Å². The molecule has 108 valence electrons. The van der Waals surface area contributed by atoms with E-state index in [1.165, 1.54) is 11.3 Å². The zero-order chi connectivity index (χ0) is 13.8. The van der Waals surface area contributed by atoms with E-state index >= 15 is 0 Å². The molecule has 0 atom stereocenters. The zero-order valence-electron chi connectivity index (χ0n) is 11.9. The maximum Gasteiger partial charge on any atom is 0.220 e. The van der Waals surface area contributed by atoms with Crippen molar-refractivity contribution < 1.29 is 4.79 Å². The molecule has 4 heteroatoms. The van der Waals surface area contributed by atoms with Crippen molar-refractivity contribution in [2.24, 2.45) is 5.92 Å². The van der Waals surface area contributed by atoms with Gasteiger partial charge in [0.2, 0.25) is 5.91 Å². The van der Waals surface area contributed by atoms with E-state index in [4.69, 9.17) is 0 Å². The normalized spacial score (nSPS) is 17.7. The number of carbonyl (C=O) groups is 1. The van der Waals surface area contributed by atoms with E-state index in [0.29, 0.717) is 12.3 Å². The fourth-order valence-electron chi connectivity index (χ4n) is 2.96. The van der Waals surface area contributed by atoms with Gasteiger partial charge in [-0.2, -0.15) is 0 Å². The molecule has 1 aromatic carbocycles. The van der Waals surface area contributed by atoms with Crippen LogP contribution >= 0.6 is 0 Å². The summed E-state index contributed by atoms with van der Waals surface area (Å²) >= 11 is 0. The van der Waals surface area contributed by atoms with Crippen LogP contribution in [0.2, 0.25) is 0 Å². The Bertz CT molecular complexity index is 471. The van der Waals surface area contributed by atoms with Crippen LogP contribution in [0.5, 0.6) is 0 Å². The summed E-state index contributed by atoms with van der Waals surface area (Å²) in [4.78, 5) is 14.1. The second-order valence-corrected chi connectivity index (χ2v) is 5.80. The van der Waals surface area contributed by atoms with E-state index in [0.717, 1.165) is 45.6 Å². The van der Waals surface area contributed by atoms with Crippen molar-refractivity contribution in [3.8, 4) is 0 Å². The predicted molar refractivity (Wildman–Crippen MR) is 81.0 cm³/mol. The van der Waals surface area contributed by atoms with Gasteiger partial charge in [-0.1, -0.05) is 18.2 Å². The van der Waals surface area contributed by atoms with Crippen LogP contribution < -0.4 is 15.5 Å². The first-order valence-corrected chi connectivity index (χ1v) is 7.63. The molecular formula is C16H23N3O. The number of hydrogen-bond acceptors (Lipinski definition) is 3. The molecule has 2 heterocycles. The van der Waals surface area contributed by atoms with E-state index in [2.05, 4.69) is 39.8 Å². The summed E-state index contributed by atoms with van der Waals surface area (Å²) in [6.45, 7) is 4.93. The minimum absolute atomic E-state index is 0.207. The van der Waals surface area contributed by atoms with Gasteiger partial charge in [0.25, 0.3) is 0 Å². The number of rotatable bonds is 6. The van der Waals surface area contributed by atoms with Gasteiger partial charge >= 0.3 is 0 Å². The molecule has 0 radical (unpaired) electrons. The molecule has 4 nitrogen and oxygen atoms in total. The minimum Gasteiger partial charge on any atom is -0.371 e. The molecule has 0 aliphatic carbocycles. The molecule has 1 amide bonds. The summed E-state index contributed by atoms with van der Waals surface area (Å²) in [6.07, 6.45) is 2.85. The third-order valence-corrected chi connectivity index (χ3v) is 4.25. The van der Waals surface area contributed by atoms with E-state index < -0.39 is 0 Å². The molecule has 3 rings (SSSR count). The summed E-state index contributed by atoms with van der Waals surface area (Å²) in [5, 5.41) is 6.23. The van der Waals surface area contributed by atoms with Gasteiger partial charge < -0.3 is 15.5 Å². The van der Waals surface area contributed by atoms with Crippen molar-refractivity contribution in [3.63, 3.8) is 0 Å². The first kappa shape index (κ1) is 13.4. The second-order valence-electron chi connectivity index (χ2n) is 5.80. The highest BCUT2D eigenvalue weighted by atomic mass is 16.1. The van der Waals surface area contributed by atoms with E-state index in [-0.39, 0.29) is 5.91 Å². The molecule has 2 aliphatic rings. The average Bonchev–Trinajstić information content (AvgIpc) is 2.83. The number of fused-ring (bicyclic) bond motifs is 1. The number of anilines is 1. The molecule has 0 bridgehead atoms. The van der Waals surface area contributed by atoms with Crippen molar-refractivity contribution in [1.29, 1.82) is 0 Å². The van der Waals surface area contributed by atoms with Crippen LogP contribution in [0.1, 0.15) is 18.4 Å². The number of carbonyl (C=O) groups excluding carboxylic acids is 1. The number of hydrogen-bond donors (Lipinski definition) is 2. The van der Waals surface area contributed by atoms with Crippen molar-refractivity contribution in [1.82, 2.24) is 10.6 Å². The van der Waals surface area contributed by atoms with Gasteiger partial charge in [-0.3, -0.25) is 4.79 Å². The molecule has 0 spiro atoms. The van der Waals surface area contributed by atoms with Crippen molar-refractivity contribution in [2.45, 2.75) is 19.3 Å². The number of nitrogens with zero attached hydrogens (tertiary/aromatic N) is 1. The Morgan fingerprint density at radius 2 is 2.20 bits per heavy atom. The third-order valence-electron chi connectivity index (χ3n) is 4.25. The molecule has 20 heavy (non-hydrogen) atoms. The van der Waals surface area contributed by atoms with Gasteiger partial charge in [0, 0.05) is 31.7 Å². The molecule has 0 saturated carbocycles. The molecule has 1 saturated heterocycles. The summed E-state index contributed by atoms with van der Waals surface area (Å²) in [5.74, 6) is 0.763. The average molecular weight is 273 g/mol. The monoisotopic (exact) mass is 273 g/mol. The number of benzene rings is 1. The standard InChI is InChI=1S/C16H23N3O/c20-16(10-13-11-17-12-13)18-7-3-8-19-9-6-14-4-1-2-5-15(14)19/h1-2,4-5,13,17H,3,6-12H2,(H,18,20). The van der Waals surface area contributed by atoms with Crippen molar-refractivity contribution in [3.05, 3.63) is 29.8 Å². The van der Waals surface area contributed by atoms with Gasteiger partial charge in [-0.15, -0.1) is 0 Å². The molecule has 1 fully saturated rings. The first-order chi connectivity index (χ1) is 9.83. The van der Waals surface area contributed by atoms with Gasteiger partial charge in [-0.05, 0) is 43.5 Å². The number of nitrogens with one attached hydrogen (secondary N) is 2. The minimum atomic E-state index is 0.207. The molecule has 2 N–H and O–H groups in total. The van der Waals surface area contributed by atoms with Gasteiger partial charge in [-0.25, -0.2) is 0 Å². The Kier molecular flexibility index (Phi) is 4.21. The Balaban J connectivity index is 1.35. The van der Waals surface area contributed by atoms with Crippen LogP contribution in [0.3, 0.4) is 0 Å². The zero-order valence-corrected chi connectivity index (χ0v) is 11.9. The summed E-state index contributed by atoms with van der Waals surface area (Å²) in [7, 11) is 0. The first-order valence-electron chi connectivity index (χ1n) is 7.63. The lowest BCUT2D eigenvalue weighted by Gasteiger charge is -2.26. The van der Waals surface area contributed by atoms with E-state index in [1.807, 2.05) is 0 Å². The molecular weight excluding hydrogens is 250 g/mol. The Morgan fingerprint density at radius 1 is 1.35 bits per heavy atom.